The maximum absolute atomic E-state index is 13.2. The lowest BCUT2D eigenvalue weighted by Crippen LogP contribution is -2.42. The molecule has 1 atom stereocenters. The van der Waals surface area contributed by atoms with Crippen LogP contribution in [0.3, 0.4) is 0 Å². The molecule has 1 heterocycles. The number of aryl methyl sites for hydroxylation is 2. The van der Waals surface area contributed by atoms with Crippen molar-refractivity contribution in [3.8, 4) is 5.69 Å². The Hall–Kier alpha value is -3.88. The summed E-state index contributed by atoms with van der Waals surface area (Å²) < 4.78 is 2.50. The SMILES string of the molecule is CCc1ccc2c(c1)c(=O)n(-c1ccc(C[C@H](NC(=O)c3c(Cl)cccc3Cl)C(=O)O)cc1)c(=O)n2C. The van der Waals surface area contributed by atoms with Crippen molar-refractivity contribution in [1.29, 1.82) is 0 Å². The zero-order chi connectivity index (χ0) is 26.9. The van der Waals surface area contributed by atoms with E-state index < -0.39 is 29.2 Å². The average molecular weight is 540 g/mol. The minimum atomic E-state index is -1.27. The predicted molar refractivity (Wildman–Crippen MR) is 143 cm³/mol. The molecule has 0 aliphatic heterocycles. The van der Waals surface area contributed by atoms with Gasteiger partial charge >= 0.3 is 11.7 Å². The predicted octanol–water partition coefficient (Wildman–Crippen LogP) is 3.98. The van der Waals surface area contributed by atoms with E-state index in [1.165, 1.54) is 16.7 Å². The zero-order valence-corrected chi connectivity index (χ0v) is 21.5. The molecule has 2 N–H and O–H groups in total. The summed E-state index contributed by atoms with van der Waals surface area (Å²) in [7, 11) is 1.60. The molecule has 0 unspecified atom stereocenters. The van der Waals surface area contributed by atoms with Crippen LogP contribution in [0.4, 0.5) is 0 Å². The van der Waals surface area contributed by atoms with Gasteiger partial charge in [-0.3, -0.25) is 14.2 Å². The molecule has 0 radical (unpaired) electrons. The van der Waals surface area contributed by atoms with Crippen LogP contribution in [0.1, 0.15) is 28.4 Å². The molecule has 0 spiro atoms. The Balaban J connectivity index is 1.63. The summed E-state index contributed by atoms with van der Waals surface area (Å²) in [6, 6.07) is 15.1. The fourth-order valence-electron chi connectivity index (χ4n) is 4.12. The Kier molecular flexibility index (Phi) is 7.52. The third-order valence-electron chi connectivity index (χ3n) is 6.17. The van der Waals surface area contributed by atoms with Crippen LogP contribution in [-0.2, 0) is 24.7 Å². The maximum Gasteiger partial charge on any atom is 0.335 e. The fourth-order valence-corrected chi connectivity index (χ4v) is 4.69. The van der Waals surface area contributed by atoms with Gasteiger partial charge < -0.3 is 10.4 Å². The molecule has 0 fully saturated rings. The first-order chi connectivity index (χ1) is 17.6. The second-order valence-corrected chi connectivity index (χ2v) is 9.33. The first-order valence-corrected chi connectivity index (χ1v) is 12.2. The quantitative estimate of drug-likeness (QED) is 0.369. The van der Waals surface area contributed by atoms with E-state index in [2.05, 4.69) is 5.32 Å². The number of nitrogens with one attached hydrogen (secondary N) is 1. The molecule has 0 bridgehead atoms. The molecule has 0 aliphatic rings. The minimum Gasteiger partial charge on any atom is -0.480 e. The highest BCUT2D eigenvalue weighted by atomic mass is 35.5. The van der Waals surface area contributed by atoms with Gasteiger partial charge in [-0.05, 0) is 53.9 Å². The molecule has 0 saturated heterocycles. The normalized spacial score (nSPS) is 11.9. The molecule has 1 amide bonds. The van der Waals surface area contributed by atoms with Crippen LogP contribution < -0.4 is 16.6 Å². The van der Waals surface area contributed by atoms with Gasteiger partial charge in [0.25, 0.3) is 11.5 Å². The van der Waals surface area contributed by atoms with E-state index in [0.717, 1.165) is 16.6 Å². The number of aromatic nitrogens is 2. The fraction of sp³-hybridized carbons (Fsp3) is 0.185. The van der Waals surface area contributed by atoms with Crippen molar-refractivity contribution in [3.05, 3.63) is 108 Å². The van der Waals surface area contributed by atoms with Gasteiger partial charge in [-0.25, -0.2) is 14.2 Å². The van der Waals surface area contributed by atoms with Crippen molar-refractivity contribution in [1.82, 2.24) is 14.5 Å². The van der Waals surface area contributed by atoms with Gasteiger partial charge in [0, 0.05) is 13.5 Å². The van der Waals surface area contributed by atoms with Crippen molar-refractivity contribution >= 4 is 46.0 Å². The minimum absolute atomic E-state index is 0.00909. The topological polar surface area (TPSA) is 110 Å². The van der Waals surface area contributed by atoms with Crippen molar-refractivity contribution in [2.45, 2.75) is 25.8 Å². The lowest BCUT2D eigenvalue weighted by Gasteiger charge is -2.16. The summed E-state index contributed by atoms with van der Waals surface area (Å²) >= 11 is 12.1. The van der Waals surface area contributed by atoms with E-state index in [1.807, 2.05) is 13.0 Å². The first kappa shape index (κ1) is 26.2. The summed E-state index contributed by atoms with van der Waals surface area (Å²) in [5, 5.41) is 12.8. The summed E-state index contributed by atoms with van der Waals surface area (Å²) in [5.74, 6) is -1.95. The number of halogens is 2. The van der Waals surface area contributed by atoms with Crippen LogP contribution in [0.5, 0.6) is 0 Å². The van der Waals surface area contributed by atoms with E-state index in [9.17, 15) is 24.3 Å². The Morgan fingerprint density at radius 1 is 0.973 bits per heavy atom. The lowest BCUT2D eigenvalue weighted by atomic mass is 10.0. The van der Waals surface area contributed by atoms with Crippen LogP contribution in [0, 0.1) is 0 Å². The maximum atomic E-state index is 13.2. The van der Waals surface area contributed by atoms with E-state index >= 15 is 0 Å². The van der Waals surface area contributed by atoms with Gasteiger partial charge in [0.15, 0.2) is 0 Å². The van der Waals surface area contributed by atoms with Gasteiger partial charge in [-0.2, -0.15) is 0 Å². The summed E-state index contributed by atoms with van der Waals surface area (Å²) in [4.78, 5) is 50.8. The second kappa shape index (κ2) is 10.6. The number of carbonyl (C=O) groups is 2. The number of aliphatic carboxylic acids is 1. The highest BCUT2D eigenvalue weighted by molar-refractivity contribution is 6.39. The number of hydrogen-bond donors (Lipinski definition) is 2. The molecule has 10 heteroatoms. The molecule has 0 saturated carbocycles. The highest BCUT2D eigenvalue weighted by Crippen LogP contribution is 2.24. The van der Waals surface area contributed by atoms with E-state index in [1.54, 1.807) is 49.5 Å². The molecular weight excluding hydrogens is 517 g/mol. The molecule has 4 rings (SSSR count). The summed E-state index contributed by atoms with van der Waals surface area (Å²) in [6.45, 7) is 1.98. The van der Waals surface area contributed by atoms with E-state index in [0.29, 0.717) is 22.2 Å². The molecule has 37 heavy (non-hydrogen) atoms. The largest absolute Gasteiger partial charge is 0.480 e. The number of carboxylic acids is 1. The number of rotatable bonds is 7. The number of benzene rings is 3. The molecule has 8 nitrogen and oxygen atoms in total. The molecule has 0 aliphatic carbocycles. The number of fused-ring (bicyclic) bond motifs is 1. The Morgan fingerprint density at radius 3 is 2.19 bits per heavy atom. The zero-order valence-electron chi connectivity index (χ0n) is 20.0. The number of amides is 1. The van der Waals surface area contributed by atoms with Crippen molar-refractivity contribution < 1.29 is 14.7 Å². The number of carboxylic acid groups (broad SMARTS) is 1. The molecule has 3 aromatic carbocycles. The number of hydrogen-bond acceptors (Lipinski definition) is 4. The van der Waals surface area contributed by atoms with Crippen LogP contribution >= 0.6 is 23.2 Å². The second-order valence-electron chi connectivity index (χ2n) is 8.52. The van der Waals surface area contributed by atoms with Gasteiger partial charge in [0.1, 0.15) is 6.04 Å². The van der Waals surface area contributed by atoms with Gasteiger partial charge in [-0.15, -0.1) is 0 Å². The van der Waals surface area contributed by atoms with Crippen molar-refractivity contribution in [2.24, 2.45) is 7.05 Å². The molecule has 190 valence electrons. The van der Waals surface area contributed by atoms with Gasteiger partial charge in [0.05, 0.1) is 32.2 Å². The van der Waals surface area contributed by atoms with Crippen molar-refractivity contribution in [2.75, 3.05) is 0 Å². The lowest BCUT2D eigenvalue weighted by molar-refractivity contribution is -0.139. The van der Waals surface area contributed by atoms with Gasteiger partial charge in [0.2, 0.25) is 0 Å². The highest BCUT2D eigenvalue weighted by Gasteiger charge is 2.24. The van der Waals surface area contributed by atoms with Crippen molar-refractivity contribution in [3.63, 3.8) is 0 Å². The third kappa shape index (κ3) is 5.16. The van der Waals surface area contributed by atoms with Crippen LogP contribution in [0.25, 0.3) is 16.6 Å². The Labute approximate surface area is 221 Å². The van der Waals surface area contributed by atoms with Crippen LogP contribution in [-0.4, -0.2) is 32.2 Å². The van der Waals surface area contributed by atoms with Gasteiger partial charge in [-0.1, -0.05) is 54.4 Å². The van der Waals surface area contributed by atoms with Crippen LogP contribution in [0.15, 0.2) is 70.3 Å². The first-order valence-electron chi connectivity index (χ1n) is 11.4. The molecule has 1 aromatic heterocycles. The molecular formula is C27H23Cl2N3O5. The monoisotopic (exact) mass is 539 g/mol. The van der Waals surface area contributed by atoms with E-state index in [4.69, 9.17) is 23.2 Å². The third-order valence-corrected chi connectivity index (χ3v) is 6.80. The van der Waals surface area contributed by atoms with Crippen LogP contribution in [0.2, 0.25) is 10.0 Å². The number of carbonyl (C=O) groups excluding carboxylic acids is 1. The smallest absolute Gasteiger partial charge is 0.335 e. The Bertz CT molecular complexity index is 1620. The molecule has 4 aromatic rings. The number of nitrogens with zero attached hydrogens (tertiary/aromatic N) is 2. The standard InChI is InChI=1S/C27H23Cl2N3O5/c1-3-15-9-12-22-18(13-15)25(34)32(27(37)31(22)2)17-10-7-16(8-11-17)14-21(26(35)36)30-24(33)23-19(28)5-4-6-20(23)29/h4-13,21H,3,14H2,1-2H3,(H,30,33)(H,35,36)/t21-/m0/s1. The Morgan fingerprint density at radius 2 is 1.59 bits per heavy atom. The van der Waals surface area contributed by atoms with E-state index in [-0.39, 0.29) is 22.0 Å². The average Bonchev–Trinajstić information content (AvgIpc) is 2.87. The summed E-state index contributed by atoms with van der Waals surface area (Å²) in [6.07, 6.45) is 0.699. The summed E-state index contributed by atoms with van der Waals surface area (Å²) in [5.41, 5.74) is 1.49.